The Morgan fingerprint density at radius 3 is 1.90 bits per heavy atom. The average molecular weight is 317 g/mol. The van der Waals surface area contributed by atoms with Gasteiger partial charge in [-0.1, -0.05) is 19.4 Å². The van der Waals surface area contributed by atoms with E-state index in [4.69, 9.17) is 9.05 Å². The lowest BCUT2D eigenvalue weighted by atomic mass is 9.85. The molecule has 5 heteroatoms. The molecule has 4 nitrogen and oxygen atoms in total. The molecular weight excluding hydrogens is 285 g/mol. The highest BCUT2D eigenvalue weighted by Crippen LogP contribution is 2.54. The Morgan fingerprint density at radius 2 is 1.52 bits per heavy atom. The lowest BCUT2D eigenvalue weighted by Crippen LogP contribution is -2.29. The molecule has 1 fully saturated rings. The zero-order valence-corrected chi connectivity index (χ0v) is 15.3. The van der Waals surface area contributed by atoms with E-state index in [1.807, 2.05) is 33.5 Å². The van der Waals surface area contributed by atoms with Gasteiger partial charge in [0.15, 0.2) is 0 Å². The molecule has 0 amide bonds. The summed E-state index contributed by atoms with van der Waals surface area (Å²) in [5, 5.41) is 3.38. The third kappa shape index (κ3) is 6.65. The first-order valence-corrected chi connectivity index (χ1v) is 9.74. The van der Waals surface area contributed by atoms with Gasteiger partial charge in [-0.05, 0) is 65.5 Å². The first kappa shape index (κ1) is 18.9. The second-order valence-electron chi connectivity index (χ2n) is 6.66. The second kappa shape index (κ2) is 8.47. The molecule has 0 bridgehead atoms. The molecule has 1 N–H and O–H groups in total. The summed E-state index contributed by atoms with van der Waals surface area (Å²) in [6, 6.07) is 0. The van der Waals surface area contributed by atoms with Crippen molar-refractivity contribution in [2.45, 2.75) is 66.6 Å². The van der Waals surface area contributed by atoms with Crippen molar-refractivity contribution in [1.82, 2.24) is 5.32 Å². The normalized spacial score (nSPS) is 19.0. The Bertz CT molecular complexity index is 371. The highest BCUT2D eigenvalue weighted by atomic mass is 31.2. The van der Waals surface area contributed by atoms with E-state index in [1.54, 1.807) is 0 Å². The maximum absolute atomic E-state index is 13.1. The van der Waals surface area contributed by atoms with Crippen LogP contribution in [0.4, 0.5) is 0 Å². The van der Waals surface area contributed by atoms with Gasteiger partial charge in [-0.25, -0.2) is 0 Å². The smallest absolute Gasteiger partial charge is 0.317 e. The topological polar surface area (TPSA) is 47.6 Å². The molecule has 0 aliphatic carbocycles. The fourth-order valence-corrected chi connectivity index (χ4v) is 4.96. The van der Waals surface area contributed by atoms with Crippen LogP contribution in [0.25, 0.3) is 0 Å². The molecule has 0 saturated carbocycles. The Labute approximate surface area is 130 Å². The molecule has 124 valence electrons. The number of hydrogen-bond acceptors (Lipinski definition) is 4. The van der Waals surface area contributed by atoms with Crippen molar-refractivity contribution in [1.29, 1.82) is 0 Å². The fraction of sp³-hybridized carbons (Fsp3) is 0.875. The highest BCUT2D eigenvalue weighted by molar-refractivity contribution is 7.57. The molecule has 0 aromatic carbocycles. The molecule has 0 aromatic rings. The summed E-state index contributed by atoms with van der Waals surface area (Å²) in [6.07, 6.45) is 1.94. The summed E-state index contributed by atoms with van der Waals surface area (Å²) < 4.78 is 24.4. The van der Waals surface area contributed by atoms with Crippen molar-refractivity contribution in [3.63, 3.8) is 0 Å². The molecule has 0 atom stereocenters. The molecular formula is C16H32NO3P. The summed E-state index contributed by atoms with van der Waals surface area (Å²) in [5.41, 5.74) is 1.22. The van der Waals surface area contributed by atoms with Crippen LogP contribution >= 0.6 is 7.60 Å². The minimum Gasteiger partial charge on any atom is -0.317 e. The zero-order chi connectivity index (χ0) is 16.0. The van der Waals surface area contributed by atoms with Gasteiger partial charge in [0.25, 0.3) is 0 Å². The third-order valence-electron chi connectivity index (χ3n) is 3.50. The molecule has 0 unspecified atom stereocenters. The van der Waals surface area contributed by atoms with Crippen molar-refractivity contribution in [2.24, 2.45) is 11.8 Å². The van der Waals surface area contributed by atoms with E-state index < -0.39 is 7.60 Å². The van der Waals surface area contributed by atoms with Crippen molar-refractivity contribution in [3.8, 4) is 0 Å². The van der Waals surface area contributed by atoms with Crippen molar-refractivity contribution < 1.29 is 13.6 Å². The molecule has 0 spiro atoms. The Hall–Kier alpha value is -0.150. The summed E-state index contributed by atoms with van der Waals surface area (Å²) in [7, 11) is -3.19. The van der Waals surface area contributed by atoms with Gasteiger partial charge in [-0.15, -0.1) is 0 Å². The average Bonchev–Trinajstić information content (AvgIpc) is 2.34. The summed E-state index contributed by atoms with van der Waals surface area (Å²) in [4.78, 5) is 0. The molecule has 0 aromatic heterocycles. The maximum Gasteiger partial charge on any atom is 0.354 e. The molecule has 1 aliphatic rings. The van der Waals surface area contributed by atoms with Crippen LogP contribution in [0, 0.1) is 11.8 Å². The van der Waals surface area contributed by atoms with Gasteiger partial charge in [0.2, 0.25) is 0 Å². The standard InChI is InChI=1S/C16H32NO3P/c1-12(2)16(15-7-9-17-10-8-15)11-21(18,19-13(3)4)20-14(5)6/h11-15,17H,7-10H2,1-6H3/b16-11+. The summed E-state index contributed by atoms with van der Waals surface area (Å²) >= 11 is 0. The molecule has 1 aliphatic heterocycles. The van der Waals surface area contributed by atoms with Gasteiger partial charge in [0, 0.05) is 5.82 Å². The van der Waals surface area contributed by atoms with Crippen LogP contribution < -0.4 is 5.32 Å². The van der Waals surface area contributed by atoms with E-state index in [9.17, 15) is 4.57 Å². The van der Waals surface area contributed by atoms with Gasteiger partial charge in [-0.3, -0.25) is 4.57 Å². The third-order valence-corrected chi connectivity index (χ3v) is 5.55. The zero-order valence-electron chi connectivity index (χ0n) is 14.4. The van der Waals surface area contributed by atoms with Gasteiger partial charge in [0.05, 0.1) is 12.2 Å². The maximum atomic E-state index is 13.1. The number of piperidine rings is 1. The van der Waals surface area contributed by atoms with Crippen LogP contribution in [0.1, 0.15) is 54.4 Å². The first-order valence-electron chi connectivity index (χ1n) is 8.13. The molecule has 0 radical (unpaired) electrons. The minimum absolute atomic E-state index is 0.118. The van der Waals surface area contributed by atoms with Gasteiger partial charge < -0.3 is 14.4 Å². The van der Waals surface area contributed by atoms with Crippen LogP contribution in [-0.2, 0) is 13.6 Å². The molecule has 21 heavy (non-hydrogen) atoms. The van der Waals surface area contributed by atoms with Gasteiger partial charge in [0.1, 0.15) is 0 Å². The van der Waals surface area contributed by atoms with E-state index in [-0.39, 0.29) is 12.2 Å². The number of rotatable bonds is 7. The van der Waals surface area contributed by atoms with E-state index in [1.165, 1.54) is 5.57 Å². The van der Waals surface area contributed by atoms with Gasteiger partial charge in [-0.2, -0.15) is 0 Å². The largest absolute Gasteiger partial charge is 0.354 e. The van der Waals surface area contributed by atoms with Gasteiger partial charge >= 0.3 is 7.60 Å². The first-order chi connectivity index (χ1) is 9.73. The van der Waals surface area contributed by atoms with Crippen molar-refractivity contribution >= 4 is 7.60 Å². The number of hydrogen-bond donors (Lipinski definition) is 1. The van der Waals surface area contributed by atoms with Crippen molar-refractivity contribution in [2.75, 3.05) is 13.1 Å². The summed E-state index contributed by atoms with van der Waals surface area (Å²) in [6.45, 7) is 13.9. The van der Waals surface area contributed by atoms with Crippen LogP contribution in [0.3, 0.4) is 0 Å². The second-order valence-corrected chi connectivity index (χ2v) is 8.42. The Morgan fingerprint density at radius 1 is 1.05 bits per heavy atom. The van der Waals surface area contributed by atoms with E-state index in [0.717, 1.165) is 25.9 Å². The Balaban J connectivity index is 3.03. The molecule has 1 heterocycles. The van der Waals surface area contributed by atoms with E-state index in [0.29, 0.717) is 11.8 Å². The SMILES string of the molecule is CC(C)OP(=O)(/C=C(\C(C)C)C1CCNCC1)OC(C)C. The molecule has 1 rings (SSSR count). The van der Waals surface area contributed by atoms with Crippen molar-refractivity contribution in [3.05, 3.63) is 11.4 Å². The van der Waals surface area contributed by atoms with Crippen LogP contribution in [0.2, 0.25) is 0 Å². The monoisotopic (exact) mass is 317 g/mol. The lowest BCUT2D eigenvalue weighted by Gasteiger charge is -2.29. The predicted octanol–water partition coefficient (Wildman–Crippen LogP) is 4.57. The molecule has 1 saturated heterocycles. The quantitative estimate of drug-likeness (QED) is 0.699. The predicted molar refractivity (Wildman–Crippen MR) is 88.6 cm³/mol. The number of nitrogens with one attached hydrogen (secondary N) is 1. The van der Waals surface area contributed by atoms with Crippen LogP contribution in [0.5, 0.6) is 0 Å². The summed E-state index contributed by atoms with van der Waals surface area (Å²) in [5.74, 6) is 2.65. The highest BCUT2D eigenvalue weighted by Gasteiger charge is 2.29. The number of allylic oxidation sites excluding steroid dienone is 1. The van der Waals surface area contributed by atoms with E-state index >= 15 is 0 Å². The van der Waals surface area contributed by atoms with Crippen LogP contribution in [0.15, 0.2) is 11.4 Å². The van der Waals surface area contributed by atoms with E-state index in [2.05, 4.69) is 19.2 Å². The lowest BCUT2D eigenvalue weighted by molar-refractivity contribution is 0.149. The fourth-order valence-electron chi connectivity index (χ4n) is 2.74. The Kier molecular flexibility index (Phi) is 7.63. The van der Waals surface area contributed by atoms with Crippen LogP contribution in [-0.4, -0.2) is 25.3 Å². The minimum atomic E-state index is -3.19.